The lowest BCUT2D eigenvalue weighted by Gasteiger charge is -2.14. The summed E-state index contributed by atoms with van der Waals surface area (Å²) in [7, 11) is 0. The van der Waals surface area contributed by atoms with E-state index < -0.39 is 22.8 Å². The van der Waals surface area contributed by atoms with Crippen molar-refractivity contribution in [3.63, 3.8) is 0 Å². The van der Waals surface area contributed by atoms with E-state index in [0.29, 0.717) is 22.4 Å². The standard InChI is InChI=1S/C19H22N2O6/c1-6-26-19(23)16-11(3)17(20-12(16)4)18(22)13(5)27-15-8-7-10(2)9-14(15)21(24)25/h7-9,13,20H,6H2,1-5H3/t13-/m0/s1. The zero-order chi connectivity index (χ0) is 20.3. The van der Waals surface area contributed by atoms with Crippen molar-refractivity contribution in [1.29, 1.82) is 0 Å². The van der Waals surface area contributed by atoms with Crippen molar-refractivity contribution in [1.82, 2.24) is 4.98 Å². The highest BCUT2D eigenvalue weighted by molar-refractivity contribution is 6.03. The lowest BCUT2D eigenvalue weighted by atomic mass is 10.1. The van der Waals surface area contributed by atoms with Crippen LogP contribution in [0.3, 0.4) is 0 Å². The topological polar surface area (TPSA) is 112 Å². The minimum atomic E-state index is -0.988. The van der Waals surface area contributed by atoms with E-state index in [2.05, 4.69) is 4.98 Å². The Hall–Kier alpha value is -3.16. The number of carbonyl (C=O) groups excluding carboxylic acids is 2. The van der Waals surface area contributed by atoms with E-state index in [1.165, 1.54) is 19.1 Å². The Labute approximate surface area is 156 Å². The van der Waals surface area contributed by atoms with Gasteiger partial charge in [0.15, 0.2) is 11.9 Å². The third-order valence-corrected chi connectivity index (χ3v) is 4.15. The molecule has 2 rings (SSSR count). The molecule has 1 aromatic carbocycles. The van der Waals surface area contributed by atoms with Crippen LogP contribution in [0.4, 0.5) is 5.69 Å². The Morgan fingerprint density at radius 3 is 2.52 bits per heavy atom. The number of H-pyrrole nitrogens is 1. The molecule has 1 heterocycles. The highest BCUT2D eigenvalue weighted by atomic mass is 16.6. The van der Waals surface area contributed by atoms with Crippen LogP contribution < -0.4 is 4.74 Å². The number of Topliss-reactive ketones (excluding diaryl/α,β-unsaturated/α-hetero) is 1. The third-order valence-electron chi connectivity index (χ3n) is 4.15. The second-order valence-electron chi connectivity index (χ2n) is 6.20. The van der Waals surface area contributed by atoms with Crippen LogP contribution in [0.1, 0.15) is 51.5 Å². The van der Waals surface area contributed by atoms with Crippen molar-refractivity contribution in [3.05, 3.63) is 56.4 Å². The van der Waals surface area contributed by atoms with Gasteiger partial charge in [-0.3, -0.25) is 14.9 Å². The average Bonchev–Trinajstić information content (AvgIpc) is 2.90. The molecule has 0 aliphatic heterocycles. The normalized spacial score (nSPS) is 11.7. The summed E-state index contributed by atoms with van der Waals surface area (Å²) in [6, 6.07) is 4.52. The van der Waals surface area contributed by atoms with Gasteiger partial charge in [0.2, 0.25) is 5.78 Å². The van der Waals surface area contributed by atoms with Crippen LogP contribution in [-0.4, -0.2) is 34.4 Å². The number of aromatic amines is 1. The number of aromatic nitrogens is 1. The van der Waals surface area contributed by atoms with E-state index in [1.54, 1.807) is 33.8 Å². The molecule has 0 saturated heterocycles. The van der Waals surface area contributed by atoms with Gasteiger partial charge in [-0.05, 0) is 51.8 Å². The second kappa shape index (κ2) is 8.03. The van der Waals surface area contributed by atoms with Crippen molar-refractivity contribution in [2.24, 2.45) is 0 Å². The second-order valence-corrected chi connectivity index (χ2v) is 6.20. The molecule has 0 aliphatic carbocycles. The van der Waals surface area contributed by atoms with Gasteiger partial charge in [-0.1, -0.05) is 6.07 Å². The number of aryl methyl sites for hydroxylation is 2. The fourth-order valence-corrected chi connectivity index (χ4v) is 2.82. The summed E-state index contributed by atoms with van der Waals surface area (Å²) >= 11 is 0. The number of rotatable bonds is 7. The number of nitrogens with one attached hydrogen (secondary N) is 1. The molecule has 1 aromatic heterocycles. The summed E-state index contributed by atoms with van der Waals surface area (Å²) in [5.41, 5.74) is 2.02. The summed E-state index contributed by atoms with van der Waals surface area (Å²) in [5.74, 6) is -0.912. The lowest BCUT2D eigenvalue weighted by molar-refractivity contribution is -0.386. The summed E-state index contributed by atoms with van der Waals surface area (Å²) in [6.45, 7) is 8.48. The fourth-order valence-electron chi connectivity index (χ4n) is 2.82. The maximum atomic E-state index is 12.8. The fraction of sp³-hybridized carbons (Fsp3) is 0.368. The number of hydrogen-bond donors (Lipinski definition) is 1. The van der Waals surface area contributed by atoms with Gasteiger partial charge in [0.25, 0.3) is 0 Å². The smallest absolute Gasteiger partial charge is 0.340 e. The quantitative estimate of drug-likeness (QED) is 0.342. The lowest BCUT2D eigenvalue weighted by Crippen LogP contribution is -2.25. The molecular formula is C19H22N2O6. The largest absolute Gasteiger partial charge is 0.475 e. The number of hydrogen-bond acceptors (Lipinski definition) is 6. The molecule has 2 aromatic rings. The van der Waals surface area contributed by atoms with E-state index in [9.17, 15) is 19.7 Å². The van der Waals surface area contributed by atoms with Gasteiger partial charge in [-0.15, -0.1) is 0 Å². The van der Waals surface area contributed by atoms with E-state index in [1.807, 2.05) is 0 Å². The molecule has 0 radical (unpaired) electrons. The number of esters is 1. The Kier molecular flexibility index (Phi) is 5.99. The van der Waals surface area contributed by atoms with E-state index in [-0.39, 0.29) is 23.7 Å². The van der Waals surface area contributed by atoms with Crippen LogP contribution in [0.5, 0.6) is 5.75 Å². The van der Waals surface area contributed by atoms with Crippen LogP contribution in [-0.2, 0) is 4.74 Å². The van der Waals surface area contributed by atoms with Gasteiger partial charge in [-0.25, -0.2) is 4.79 Å². The molecule has 0 aliphatic rings. The first-order chi connectivity index (χ1) is 12.7. The summed E-state index contributed by atoms with van der Waals surface area (Å²) in [6.07, 6.45) is -0.988. The Balaban J connectivity index is 2.30. The SMILES string of the molecule is CCOC(=O)c1c(C)[nH]c(C(=O)[C@H](C)Oc2ccc(C)cc2[N+](=O)[O-])c1C. The molecule has 144 valence electrons. The zero-order valence-corrected chi connectivity index (χ0v) is 15.9. The minimum Gasteiger partial charge on any atom is -0.475 e. The molecular weight excluding hydrogens is 352 g/mol. The summed E-state index contributed by atoms with van der Waals surface area (Å²) in [5, 5.41) is 11.2. The Morgan fingerprint density at radius 2 is 1.93 bits per heavy atom. The van der Waals surface area contributed by atoms with Crippen molar-refractivity contribution in [2.75, 3.05) is 6.61 Å². The number of ketones is 1. The molecule has 0 saturated carbocycles. The average molecular weight is 374 g/mol. The van der Waals surface area contributed by atoms with Gasteiger partial charge in [0, 0.05) is 11.8 Å². The monoisotopic (exact) mass is 374 g/mol. The van der Waals surface area contributed by atoms with Crippen LogP contribution >= 0.6 is 0 Å². The Bertz CT molecular complexity index is 900. The maximum Gasteiger partial charge on any atom is 0.340 e. The molecule has 1 N–H and O–H groups in total. The number of benzene rings is 1. The number of nitrogens with zero attached hydrogens (tertiary/aromatic N) is 1. The van der Waals surface area contributed by atoms with Crippen LogP contribution in [0.15, 0.2) is 18.2 Å². The summed E-state index contributed by atoms with van der Waals surface area (Å²) in [4.78, 5) is 38.4. The van der Waals surface area contributed by atoms with E-state index in [4.69, 9.17) is 9.47 Å². The van der Waals surface area contributed by atoms with Gasteiger partial charge in [0.05, 0.1) is 22.8 Å². The van der Waals surface area contributed by atoms with Crippen LogP contribution in [0.25, 0.3) is 0 Å². The first kappa shape index (κ1) is 20.2. The highest BCUT2D eigenvalue weighted by Gasteiger charge is 2.28. The van der Waals surface area contributed by atoms with Crippen LogP contribution in [0, 0.1) is 30.9 Å². The van der Waals surface area contributed by atoms with Crippen molar-refractivity contribution < 1.29 is 24.0 Å². The van der Waals surface area contributed by atoms with Crippen LogP contribution in [0.2, 0.25) is 0 Å². The third kappa shape index (κ3) is 4.16. The summed E-state index contributed by atoms with van der Waals surface area (Å²) < 4.78 is 10.6. The van der Waals surface area contributed by atoms with Crippen molar-refractivity contribution in [2.45, 2.75) is 40.7 Å². The Morgan fingerprint density at radius 1 is 1.26 bits per heavy atom. The highest BCUT2D eigenvalue weighted by Crippen LogP contribution is 2.29. The molecule has 0 fully saturated rings. The van der Waals surface area contributed by atoms with E-state index >= 15 is 0 Å². The predicted molar refractivity (Wildman–Crippen MR) is 98.5 cm³/mol. The number of nitro benzene ring substituents is 1. The first-order valence-corrected chi connectivity index (χ1v) is 8.49. The van der Waals surface area contributed by atoms with Crippen molar-refractivity contribution in [3.8, 4) is 5.75 Å². The van der Waals surface area contributed by atoms with E-state index in [0.717, 1.165) is 0 Å². The zero-order valence-electron chi connectivity index (χ0n) is 15.9. The van der Waals surface area contributed by atoms with Gasteiger partial charge < -0.3 is 14.5 Å². The maximum absolute atomic E-state index is 12.8. The molecule has 0 bridgehead atoms. The molecule has 0 amide bonds. The molecule has 1 atom stereocenters. The minimum absolute atomic E-state index is 0.0120. The number of ether oxygens (including phenoxy) is 2. The first-order valence-electron chi connectivity index (χ1n) is 8.49. The van der Waals surface area contributed by atoms with Gasteiger partial charge >= 0.3 is 11.7 Å². The van der Waals surface area contributed by atoms with Crippen molar-refractivity contribution >= 4 is 17.4 Å². The number of carbonyl (C=O) groups is 2. The molecule has 27 heavy (non-hydrogen) atoms. The predicted octanol–water partition coefficient (Wildman–Crippen LogP) is 3.68. The van der Waals surface area contributed by atoms with Gasteiger partial charge in [-0.2, -0.15) is 0 Å². The molecule has 0 unspecified atom stereocenters. The molecule has 8 heteroatoms. The van der Waals surface area contributed by atoms with Gasteiger partial charge in [0.1, 0.15) is 0 Å². The number of nitro groups is 1. The molecule has 8 nitrogen and oxygen atoms in total. The molecule has 0 spiro atoms.